The number of halogens is 4. The summed E-state index contributed by atoms with van der Waals surface area (Å²) in [5.41, 5.74) is 1.25. The topological polar surface area (TPSA) is 46.2 Å². The molecule has 0 saturated heterocycles. The van der Waals surface area contributed by atoms with E-state index in [2.05, 4.69) is 0 Å². The van der Waals surface area contributed by atoms with Crippen molar-refractivity contribution in [2.75, 3.05) is 6.54 Å². The molecule has 0 aliphatic heterocycles. The fourth-order valence-corrected chi connectivity index (χ4v) is 1.15. The van der Waals surface area contributed by atoms with E-state index >= 15 is 0 Å². The minimum atomic E-state index is -3.29. The Morgan fingerprint density at radius 2 is 1.93 bits per heavy atom. The van der Waals surface area contributed by atoms with Crippen LogP contribution in [0.3, 0.4) is 0 Å². The van der Waals surface area contributed by atoms with Crippen LogP contribution in [0.15, 0.2) is 18.2 Å². The van der Waals surface area contributed by atoms with Crippen molar-refractivity contribution in [3.63, 3.8) is 0 Å². The number of alkyl halides is 2. The predicted molar refractivity (Wildman–Crippen MR) is 45.3 cm³/mol. The van der Waals surface area contributed by atoms with E-state index in [1.54, 1.807) is 0 Å². The molecule has 6 heteroatoms. The van der Waals surface area contributed by atoms with Gasteiger partial charge in [-0.3, -0.25) is 0 Å². The van der Waals surface area contributed by atoms with Crippen molar-refractivity contribution >= 4 is 0 Å². The van der Waals surface area contributed by atoms with Gasteiger partial charge in [0.1, 0.15) is 0 Å². The molecule has 0 aliphatic rings. The molecular formula is C9H9F4NO. The quantitative estimate of drug-likeness (QED) is 0.760. The second-order valence-electron chi connectivity index (χ2n) is 3.03. The number of hydrogen-bond donors (Lipinski definition) is 2. The van der Waals surface area contributed by atoms with Crippen LogP contribution in [-0.2, 0) is 5.60 Å². The SMILES string of the molecule is NC[C@@](O)(c1cccc(F)c1F)C(F)F. The fourth-order valence-electron chi connectivity index (χ4n) is 1.15. The van der Waals surface area contributed by atoms with Crippen LogP contribution in [0.25, 0.3) is 0 Å². The highest BCUT2D eigenvalue weighted by molar-refractivity contribution is 5.26. The first-order valence-corrected chi connectivity index (χ1v) is 4.08. The van der Waals surface area contributed by atoms with Gasteiger partial charge in [0.2, 0.25) is 0 Å². The van der Waals surface area contributed by atoms with Gasteiger partial charge in [0.15, 0.2) is 17.2 Å². The van der Waals surface area contributed by atoms with Crippen LogP contribution in [0.5, 0.6) is 0 Å². The van der Waals surface area contributed by atoms with E-state index in [0.29, 0.717) is 0 Å². The van der Waals surface area contributed by atoms with Crippen LogP contribution in [0.2, 0.25) is 0 Å². The van der Waals surface area contributed by atoms with Crippen LogP contribution in [0.1, 0.15) is 5.56 Å². The molecule has 15 heavy (non-hydrogen) atoms. The van der Waals surface area contributed by atoms with Crippen LogP contribution in [-0.4, -0.2) is 18.1 Å². The Morgan fingerprint density at radius 1 is 1.33 bits per heavy atom. The third-order valence-electron chi connectivity index (χ3n) is 2.09. The summed E-state index contributed by atoms with van der Waals surface area (Å²) >= 11 is 0. The number of hydrogen-bond acceptors (Lipinski definition) is 2. The van der Waals surface area contributed by atoms with Crippen molar-refractivity contribution in [3.05, 3.63) is 35.4 Å². The van der Waals surface area contributed by atoms with Gasteiger partial charge in [0.25, 0.3) is 6.43 Å². The maximum atomic E-state index is 13.1. The van der Waals surface area contributed by atoms with Crippen LogP contribution < -0.4 is 5.73 Å². The Balaban J connectivity index is 3.30. The second-order valence-corrected chi connectivity index (χ2v) is 3.03. The number of benzene rings is 1. The number of rotatable bonds is 3. The summed E-state index contributed by atoms with van der Waals surface area (Å²) < 4.78 is 50.8. The van der Waals surface area contributed by atoms with E-state index in [9.17, 15) is 22.7 Å². The molecule has 2 nitrogen and oxygen atoms in total. The van der Waals surface area contributed by atoms with Gasteiger partial charge in [-0.15, -0.1) is 0 Å². The molecule has 1 atom stereocenters. The fraction of sp³-hybridized carbons (Fsp3) is 0.333. The lowest BCUT2D eigenvalue weighted by Gasteiger charge is -2.26. The molecule has 1 rings (SSSR count). The Hall–Kier alpha value is -1.14. The van der Waals surface area contributed by atoms with Crippen LogP contribution >= 0.6 is 0 Å². The van der Waals surface area contributed by atoms with Crippen molar-refractivity contribution in [2.45, 2.75) is 12.0 Å². The van der Waals surface area contributed by atoms with E-state index in [-0.39, 0.29) is 0 Å². The van der Waals surface area contributed by atoms with Gasteiger partial charge in [0, 0.05) is 12.1 Å². The molecule has 0 radical (unpaired) electrons. The van der Waals surface area contributed by atoms with Gasteiger partial charge in [-0.1, -0.05) is 12.1 Å². The van der Waals surface area contributed by atoms with Crippen LogP contribution in [0.4, 0.5) is 17.6 Å². The molecule has 0 aliphatic carbocycles. The van der Waals surface area contributed by atoms with Gasteiger partial charge in [-0.2, -0.15) is 0 Å². The zero-order chi connectivity index (χ0) is 11.6. The molecule has 0 aromatic heterocycles. The molecule has 1 aromatic rings. The summed E-state index contributed by atoms with van der Waals surface area (Å²) in [6, 6.07) is 2.66. The van der Waals surface area contributed by atoms with Crippen molar-refractivity contribution < 1.29 is 22.7 Å². The van der Waals surface area contributed by atoms with E-state index in [4.69, 9.17) is 5.73 Å². The van der Waals surface area contributed by atoms with Gasteiger partial charge in [0.05, 0.1) is 0 Å². The van der Waals surface area contributed by atoms with Crippen molar-refractivity contribution in [3.8, 4) is 0 Å². The van der Waals surface area contributed by atoms with Gasteiger partial charge >= 0.3 is 0 Å². The lowest BCUT2D eigenvalue weighted by Crippen LogP contribution is -2.42. The standard InChI is InChI=1S/C9H9F4NO/c10-6-3-1-2-5(7(6)11)9(15,4-14)8(12)13/h1-3,8,15H,4,14H2/t9-/m1/s1. The van der Waals surface area contributed by atoms with Crippen molar-refractivity contribution in [1.29, 1.82) is 0 Å². The highest BCUT2D eigenvalue weighted by Crippen LogP contribution is 2.30. The van der Waals surface area contributed by atoms with Gasteiger partial charge in [-0.05, 0) is 6.07 Å². The third kappa shape index (κ3) is 1.95. The first-order valence-electron chi connectivity index (χ1n) is 4.08. The minimum absolute atomic E-state index is 0.765. The summed E-state index contributed by atoms with van der Waals surface area (Å²) in [4.78, 5) is 0. The summed E-state index contributed by atoms with van der Waals surface area (Å²) in [6.07, 6.45) is -3.29. The summed E-state index contributed by atoms with van der Waals surface area (Å²) in [5.74, 6) is -2.81. The van der Waals surface area contributed by atoms with E-state index < -0.39 is 35.8 Å². The summed E-state index contributed by atoms with van der Waals surface area (Å²) in [7, 11) is 0. The molecule has 0 fully saturated rings. The lowest BCUT2D eigenvalue weighted by molar-refractivity contribution is -0.0970. The molecule has 0 saturated carbocycles. The third-order valence-corrected chi connectivity index (χ3v) is 2.09. The Labute approximate surface area is 83.3 Å². The number of nitrogens with two attached hydrogens (primary N) is 1. The predicted octanol–water partition coefficient (Wildman–Crippen LogP) is 1.38. The normalized spacial score (nSPS) is 15.4. The molecule has 1 aromatic carbocycles. The first kappa shape index (κ1) is 11.9. The molecule has 0 heterocycles. The Morgan fingerprint density at radius 3 is 2.40 bits per heavy atom. The molecular weight excluding hydrogens is 214 g/mol. The highest BCUT2D eigenvalue weighted by atomic mass is 19.3. The van der Waals surface area contributed by atoms with Crippen LogP contribution in [0, 0.1) is 11.6 Å². The van der Waals surface area contributed by atoms with E-state index in [1.165, 1.54) is 0 Å². The molecule has 0 bridgehead atoms. The van der Waals surface area contributed by atoms with Crippen molar-refractivity contribution in [2.24, 2.45) is 5.73 Å². The summed E-state index contributed by atoms with van der Waals surface area (Å²) in [5, 5.41) is 9.39. The smallest absolute Gasteiger partial charge is 0.272 e. The Bertz CT molecular complexity index is 358. The second kappa shape index (κ2) is 4.16. The molecule has 0 spiro atoms. The van der Waals surface area contributed by atoms with E-state index in [1.807, 2.05) is 0 Å². The largest absolute Gasteiger partial charge is 0.378 e. The lowest BCUT2D eigenvalue weighted by atomic mass is 9.94. The minimum Gasteiger partial charge on any atom is -0.378 e. The zero-order valence-corrected chi connectivity index (χ0v) is 7.55. The monoisotopic (exact) mass is 223 g/mol. The molecule has 84 valence electrons. The molecule has 0 amide bonds. The maximum absolute atomic E-state index is 13.1. The maximum Gasteiger partial charge on any atom is 0.272 e. The Kier molecular flexibility index (Phi) is 3.31. The average Bonchev–Trinajstić information content (AvgIpc) is 2.20. The average molecular weight is 223 g/mol. The van der Waals surface area contributed by atoms with E-state index in [0.717, 1.165) is 18.2 Å². The highest BCUT2D eigenvalue weighted by Gasteiger charge is 2.41. The molecule has 0 unspecified atom stereocenters. The zero-order valence-electron chi connectivity index (χ0n) is 7.55. The first-order chi connectivity index (χ1) is 6.93. The summed E-state index contributed by atoms with van der Waals surface area (Å²) in [6.45, 7) is -0.898. The molecule has 3 N–H and O–H groups in total. The van der Waals surface area contributed by atoms with Crippen molar-refractivity contribution in [1.82, 2.24) is 0 Å². The number of aliphatic hydroxyl groups is 1. The van der Waals surface area contributed by atoms with Gasteiger partial charge in [-0.25, -0.2) is 17.6 Å². The van der Waals surface area contributed by atoms with Gasteiger partial charge < -0.3 is 10.8 Å².